The predicted octanol–water partition coefficient (Wildman–Crippen LogP) is 3.47. The lowest BCUT2D eigenvalue weighted by Crippen LogP contribution is -2.61. The number of methoxy groups -OCH3 is 1. The van der Waals surface area contributed by atoms with Crippen LogP contribution in [0.15, 0.2) is 0 Å². The molecule has 4 heteroatoms. The van der Waals surface area contributed by atoms with Gasteiger partial charge in [0.05, 0.1) is 13.0 Å². The van der Waals surface area contributed by atoms with E-state index in [9.17, 15) is 9.18 Å². The van der Waals surface area contributed by atoms with Crippen LogP contribution >= 0.6 is 0 Å². The van der Waals surface area contributed by atoms with Crippen molar-refractivity contribution in [1.29, 1.82) is 0 Å². The minimum Gasteiger partial charge on any atom is -0.469 e. The number of carbonyl (C=O) groups excluding carboxylic acids is 1. The average Bonchev–Trinajstić information content (AvgIpc) is 2.53. The number of ether oxygens (including phenoxy) is 1. The van der Waals surface area contributed by atoms with Crippen LogP contribution in [0.4, 0.5) is 4.39 Å². The van der Waals surface area contributed by atoms with Gasteiger partial charge >= 0.3 is 5.97 Å². The number of piperidine rings is 1. The molecule has 0 amide bonds. The third-order valence-electron chi connectivity index (χ3n) is 6.45. The lowest BCUT2D eigenvalue weighted by atomic mass is 9.63. The molecule has 0 aromatic rings. The van der Waals surface area contributed by atoms with E-state index in [1.54, 1.807) is 0 Å². The molecular weight excluding hydrogens is 281 g/mol. The van der Waals surface area contributed by atoms with Crippen LogP contribution in [0.1, 0.15) is 58.3 Å². The zero-order valence-electron chi connectivity index (χ0n) is 13.9. The first-order chi connectivity index (χ1) is 10.6. The van der Waals surface area contributed by atoms with Crippen LogP contribution < -0.4 is 5.32 Å². The molecule has 2 aliphatic carbocycles. The summed E-state index contributed by atoms with van der Waals surface area (Å²) in [6, 6.07) is 0.682. The first-order valence-corrected chi connectivity index (χ1v) is 9.09. The highest BCUT2D eigenvalue weighted by Crippen LogP contribution is 2.44. The third kappa shape index (κ3) is 3.04. The fourth-order valence-corrected chi connectivity index (χ4v) is 5.39. The zero-order valence-corrected chi connectivity index (χ0v) is 13.9. The highest BCUT2D eigenvalue weighted by atomic mass is 19.1. The summed E-state index contributed by atoms with van der Waals surface area (Å²) in [6.07, 6.45) is 7.49. The van der Waals surface area contributed by atoms with E-state index >= 15 is 0 Å². The Morgan fingerprint density at radius 2 is 1.91 bits per heavy atom. The molecule has 0 aromatic carbocycles. The number of hydrogen-bond acceptors (Lipinski definition) is 3. The molecule has 1 heterocycles. The van der Waals surface area contributed by atoms with Crippen molar-refractivity contribution in [1.82, 2.24) is 5.32 Å². The number of carbonyl (C=O) groups is 1. The van der Waals surface area contributed by atoms with Gasteiger partial charge in [-0.15, -0.1) is 0 Å². The van der Waals surface area contributed by atoms with E-state index in [1.165, 1.54) is 20.0 Å². The van der Waals surface area contributed by atoms with Crippen LogP contribution in [0.5, 0.6) is 0 Å². The van der Waals surface area contributed by atoms with Gasteiger partial charge in [0, 0.05) is 12.1 Å². The molecule has 7 unspecified atom stereocenters. The molecule has 3 nitrogen and oxygen atoms in total. The number of hydrogen-bond donors (Lipinski definition) is 1. The largest absolute Gasteiger partial charge is 0.469 e. The van der Waals surface area contributed by atoms with E-state index in [4.69, 9.17) is 4.74 Å². The molecule has 126 valence electrons. The molecular formula is C18H30FNO2. The van der Waals surface area contributed by atoms with Crippen LogP contribution in [-0.4, -0.2) is 31.3 Å². The van der Waals surface area contributed by atoms with Gasteiger partial charge in [-0.3, -0.25) is 4.79 Å². The van der Waals surface area contributed by atoms with Crippen molar-refractivity contribution >= 4 is 5.97 Å². The molecule has 0 spiro atoms. The number of rotatable bonds is 2. The van der Waals surface area contributed by atoms with E-state index in [1.807, 2.05) is 0 Å². The summed E-state index contributed by atoms with van der Waals surface area (Å²) in [4.78, 5) is 12.4. The lowest BCUT2D eigenvalue weighted by molar-refractivity contribution is -0.154. The van der Waals surface area contributed by atoms with E-state index in [0.29, 0.717) is 30.7 Å². The van der Waals surface area contributed by atoms with Gasteiger partial charge in [-0.1, -0.05) is 26.2 Å². The lowest BCUT2D eigenvalue weighted by Gasteiger charge is -2.51. The van der Waals surface area contributed by atoms with Gasteiger partial charge in [0.1, 0.15) is 6.17 Å². The zero-order chi connectivity index (χ0) is 15.7. The molecule has 1 saturated heterocycles. The van der Waals surface area contributed by atoms with Crippen LogP contribution in [0, 0.1) is 23.7 Å². The molecule has 3 aliphatic rings. The topological polar surface area (TPSA) is 38.3 Å². The summed E-state index contributed by atoms with van der Waals surface area (Å²) in [5.41, 5.74) is 0. The summed E-state index contributed by atoms with van der Waals surface area (Å²) in [6.45, 7) is 2.17. The highest BCUT2D eigenvalue weighted by Gasteiger charge is 2.49. The third-order valence-corrected chi connectivity index (χ3v) is 6.45. The molecule has 0 aromatic heterocycles. The minimum absolute atomic E-state index is 0.0125. The Balaban J connectivity index is 1.80. The number of esters is 1. The number of nitrogens with one attached hydrogen (secondary N) is 1. The maximum atomic E-state index is 13.9. The Labute approximate surface area is 133 Å². The van der Waals surface area contributed by atoms with Gasteiger partial charge in [-0.25, -0.2) is 4.39 Å². The molecule has 0 bridgehead atoms. The summed E-state index contributed by atoms with van der Waals surface area (Å²) < 4.78 is 19.0. The number of halogens is 1. The van der Waals surface area contributed by atoms with Crippen LogP contribution in [0.25, 0.3) is 0 Å². The number of fused-ring (bicyclic) bond motifs is 1. The van der Waals surface area contributed by atoms with Crippen molar-refractivity contribution in [3.63, 3.8) is 0 Å². The molecule has 7 atom stereocenters. The number of alkyl halides is 1. The SMILES string of the molecule is COC(=O)C1C(C)C(C2CCCC(F)C2)NC2CCCCC21. The molecule has 1 N–H and O–H groups in total. The van der Waals surface area contributed by atoms with Crippen molar-refractivity contribution < 1.29 is 13.9 Å². The first-order valence-electron chi connectivity index (χ1n) is 9.09. The maximum absolute atomic E-state index is 13.9. The van der Waals surface area contributed by atoms with Crippen molar-refractivity contribution in [3.8, 4) is 0 Å². The molecule has 3 fully saturated rings. The van der Waals surface area contributed by atoms with E-state index < -0.39 is 6.17 Å². The maximum Gasteiger partial charge on any atom is 0.309 e. The second-order valence-corrected chi connectivity index (χ2v) is 7.68. The van der Waals surface area contributed by atoms with Gasteiger partial charge in [0.2, 0.25) is 0 Å². The molecule has 3 rings (SSSR count). The Morgan fingerprint density at radius 3 is 2.64 bits per heavy atom. The Hall–Kier alpha value is -0.640. The summed E-state index contributed by atoms with van der Waals surface area (Å²) >= 11 is 0. The van der Waals surface area contributed by atoms with Crippen LogP contribution in [0.3, 0.4) is 0 Å². The summed E-state index contributed by atoms with van der Waals surface area (Å²) in [5, 5.41) is 3.83. The summed E-state index contributed by atoms with van der Waals surface area (Å²) in [5.74, 6) is 0.943. The van der Waals surface area contributed by atoms with Gasteiger partial charge in [-0.2, -0.15) is 0 Å². The quantitative estimate of drug-likeness (QED) is 0.794. The normalized spacial score (nSPS) is 45.9. The van der Waals surface area contributed by atoms with Crippen molar-refractivity contribution in [2.24, 2.45) is 23.7 Å². The Bertz CT molecular complexity index is 403. The van der Waals surface area contributed by atoms with Gasteiger partial charge in [-0.05, 0) is 49.9 Å². The van der Waals surface area contributed by atoms with E-state index in [-0.39, 0.29) is 23.8 Å². The van der Waals surface area contributed by atoms with Gasteiger partial charge in [0.15, 0.2) is 0 Å². The Kier molecular flexibility index (Phi) is 5.06. The van der Waals surface area contributed by atoms with Crippen molar-refractivity contribution in [3.05, 3.63) is 0 Å². The summed E-state index contributed by atoms with van der Waals surface area (Å²) in [7, 11) is 1.50. The average molecular weight is 311 g/mol. The van der Waals surface area contributed by atoms with Crippen LogP contribution in [-0.2, 0) is 9.53 Å². The first kappa shape index (κ1) is 16.2. The monoisotopic (exact) mass is 311 g/mol. The standard InChI is InChI=1S/C18H30FNO2/c1-11-16(18(21)22-2)14-8-3-4-9-15(14)20-17(11)12-6-5-7-13(19)10-12/h11-17,20H,3-10H2,1-2H3. The molecule has 0 radical (unpaired) electrons. The minimum atomic E-state index is -0.659. The van der Waals surface area contributed by atoms with E-state index in [0.717, 1.165) is 25.7 Å². The van der Waals surface area contributed by atoms with Gasteiger partial charge in [0.25, 0.3) is 0 Å². The van der Waals surface area contributed by atoms with Crippen LogP contribution in [0.2, 0.25) is 0 Å². The smallest absolute Gasteiger partial charge is 0.309 e. The molecule has 2 saturated carbocycles. The van der Waals surface area contributed by atoms with Gasteiger partial charge < -0.3 is 10.1 Å². The Morgan fingerprint density at radius 1 is 1.14 bits per heavy atom. The predicted molar refractivity (Wildman–Crippen MR) is 84.2 cm³/mol. The highest BCUT2D eigenvalue weighted by molar-refractivity contribution is 5.73. The van der Waals surface area contributed by atoms with Crippen molar-refractivity contribution in [2.45, 2.75) is 76.5 Å². The fraction of sp³-hybridized carbons (Fsp3) is 0.944. The fourth-order valence-electron chi connectivity index (χ4n) is 5.39. The van der Waals surface area contributed by atoms with E-state index in [2.05, 4.69) is 12.2 Å². The second kappa shape index (κ2) is 6.86. The van der Waals surface area contributed by atoms with Crippen molar-refractivity contribution in [2.75, 3.05) is 7.11 Å². The second-order valence-electron chi connectivity index (χ2n) is 7.68. The molecule has 1 aliphatic heterocycles. The molecule has 22 heavy (non-hydrogen) atoms.